The molecule has 1 N–H and O–H groups in total. The maximum Gasteiger partial charge on any atom is 0.354 e. The highest BCUT2D eigenvalue weighted by molar-refractivity contribution is 5.96. The molecule has 0 spiro atoms. The second kappa shape index (κ2) is 5.61. The Kier molecular flexibility index (Phi) is 4.06. The first kappa shape index (κ1) is 14.5. The van der Waals surface area contributed by atoms with E-state index in [1.54, 1.807) is 11.0 Å². The molecule has 20 heavy (non-hydrogen) atoms. The molecule has 0 radical (unpaired) electrons. The van der Waals surface area contributed by atoms with Crippen LogP contribution in [-0.2, 0) is 0 Å². The molecule has 1 aliphatic rings. The van der Waals surface area contributed by atoms with E-state index in [1.165, 1.54) is 12.3 Å². The number of pyridine rings is 1. The highest BCUT2D eigenvalue weighted by Crippen LogP contribution is 2.34. The van der Waals surface area contributed by atoms with Gasteiger partial charge in [0, 0.05) is 24.8 Å². The van der Waals surface area contributed by atoms with Crippen molar-refractivity contribution >= 4 is 11.9 Å². The number of carbonyl (C=O) groups excluding carboxylic acids is 1. The largest absolute Gasteiger partial charge is 0.477 e. The third kappa shape index (κ3) is 2.98. The average Bonchev–Trinajstić information content (AvgIpc) is 2.47. The number of likely N-dealkylation sites (tertiary alicyclic amines) is 1. The van der Waals surface area contributed by atoms with E-state index >= 15 is 0 Å². The fourth-order valence-corrected chi connectivity index (χ4v) is 2.47. The summed E-state index contributed by atoms with van der Waals surface area (Å²) in [6.45, 7) is 5.89. The molecule has 108 valence electrons. The SMILES string of the molecule is CCC1(C)CCN(C(=O)c2ccnc(C(=O)O)c2)CC1. The normalized spacial score (nSPS) is 17.8. The minimum Gasteiger partial charge on any atom is -0.477 e. The summed E-state index contributed by atoms with van der Waals surface area (Å²) in [5.41, 5.74) is 0.630. The van der Waals surface area contributed by atoms with E-state index in [1.807, 2.05) is 0 Å². The van der Waals surface area contributed by atoms with Crippen LogP contribution >= 0.6 is 0 Å². The summed E-state index contributed by atoms with van der Waals surface area (Å²) in [4.78, 5) is 28.8. The molecule has 1 aromatic heterocycles. The fourth-order valence-electron chi connectivity index (χ4n) is 2.47. The topological polar surface area (TPSA) is 70.5 Å². The van der Waals surface area contributed by atoms with Crippen LogP contribution in [0.2, 0.25) is 0 Å². The van der Waals surface area contributed by atoms with Gasteiger partial charge in [-0.25, -0.2) is 9.78 Å². The Balaban J connectivity index is 2.09. The Morgan fingerprint density at radius 1 is 1.40 bits per heavy atom. The van der Waals surface area contributed by atoms with Crippen LogP contribution in [0.15, 0.2) is 18.3 Å². The maximum atomic E-state index is 12.4. The van der Waals surface area contributed by atoms with Gasteiger partial charge in [-0.3, -0.25) is 4.79 Å². The number of piperidine rings is 1. The van der Waals surface area contributed by atoms with Crippen LogP contribution in [0.1, 0.15) is 54.0 Å². The molecule has 0 atom stereocenters. The molecule has 2 heterocycles. The number of carboxylic acids is 1. The number of aromatic carboxylic acids is 1. The lowest BCUT2D eigenvalue weighted by Crippen LogP contribution is -2.42. The summed E-state index contributed by atoms with van der Waals surface area (Å²) in [6.07, 6.45) is 4.47. The van der Waals surface area contributed by atoms with Crippen LogP contribution < -0.4 is 0 Å². The number of hydrogen-bond acceptors (Lipinski definition) is 3. The molecule has 2 rings (SSSR count). The minimum atomic E-state index is -1.11. The van der Waals surface area contributed by atoms with E-state index in [2.05, 4.69) is 18.8 Å². The molecule has 1 aromatic rings. The van der Waals surface area contributed by atoms with Gasteiger partial charge in [-0.2, -0.15) is 0 Å². The van der Waals surface area contributed by atoms with E-state index in [9.17, 15) is 9.59 Å². The van der Waals surface area contributed by atoms with Crippen LogP contribution in [-0.4, -0.2) is 40.0 Å². The first-order valence-corrected chi connectivity index (χ1v) is 6.94. The first-order chi connectivity index (χ1) is 9.45. The summed E-state index contributed by atoms with van der Waals surface area (Å²) in [5.74, 6) is -1.22. The van der Waals surface area contributed by atoms with E-state index in [0.29, 0.717) is 11.0 Å². The molecule has 0 aromatic carbocycles. The third-order valence-electron chi connectivity index (χ3n) is 4.34. The van der Waals surface area contributed by atoms with Gasteiger partial charge in [0.15, 0.2) is 0 Å². The van der Waals surface area contributed by atoms with Crippen LogP contribution in [0.4, 0.5) is 0 Å². The van der Waals surface area contributed by atoms with Crippen LogP contribution in [0.25, 0.3) is 0 Å². The smallest absolute Gasteiger partial charge is 0.354 e. The van der Waals surface area contributed by atoms with Crippen molar-refractivity contribution in [2.45, 2.75) is 33.1 Å². The van der Waals surface area contributed by atoms with E-state index in [4.69, 9.17) is 5.11 Å². The molecular formula is C15H20N2O3. The second-order valence-electron chi connectivity index (χ2n) is 5.69. The number of carbonyl (C=O) groups is 2. The third-order valence-corrected chi connectivity index (χ3v) is 4.34. The number of rotatable bonds is 3. The van der Waals surface area contributed by atoms with Crippen molar-refractivity contribution < 1.29 is 14.7 Å². The van der Waals surface area contributed by atoms with Gasteiger partial charge in [-0.05, 0) is 30.4 Å². The van der Waals surface area contributed by atoms with E-state index in [-0.39, 0.29) is 11.6 Å². The summed E-state index contributed by atoms with van der Waals surface area (Å²) < 4.78 is 0. The molecule has 1 saturated heterocycles. The summed E-state index contributed by atoms with van der Waals surface area (Å²) >= 11 is 0. The number of aromatic nitrogens is 1. The van der Waals surface area contributed by atoms with E-state index < -0.39 is 5.97 Å². The molecule has 0 saturated carbocycles. The minimum absolute atomic E-state index is 0.0914. The standard InChI is InChI=1S/C15H20N2O3/c1-3-15(2)5-8-17(9-6-15)13(18)11-4-7-16-12(10-11)14(19)20/h4,7,10H,3,5-6,8-9H2,1-2H3,(H,19,20). The zero-order valence-corrected chi connectivity index (χ0v) is 11.9. The maximum absolute atomic E-state index is 12.4. The van der Waals surface area contributed by atoms with E-state index in [0.717, 1.165) is 32.4 Å². The molecule has 1 fully saturated rings. The first-order valence-electron chi connectivity index (χ1n) is 6.94. The van der Waals surface area contributed by atoms with Gasteiger partial charge in [-0.1, -0.05) is 20.3 Å². The number of hydrogen-bond donors (Lipinski definition) is 1. The second-order valence-corrected chi connectivity index (χ2v) is 5.69. The Morgan fingerprint density at radius 3 is 2.60 bits per heavy atom. The average molecular weight is 276 g/mol. The van der Waals surface area contributed by atoms with Crippen molar-refractivity contribution in [3.8, 4) is 0 Å². The summed E-state index contributed by atoms with van der Waals surface area (Å²) in [6, 6.07) is 2.92. The van der Waals surface area contributed by atoms with Crippen LogP contribution in [0, 0.1) is 5.41 Å². The highest BCUT2D eigenvalue weighted by atomic mass is 16.4. The predicted molar refractivity (Wildman–Crippen MR) is 74.7 cm³/mol. The van der Waals surface area contributed by atoms with Crippen molar-refractivity contribution in [3.63, 3.8) is 0 Å². The Hall–Kier alpha value is -1.91. The molecule has 1 aliphatic heterocycles. The van der Waals surface area contributed by atoms with Gasteiger partial charge in [-0.15, -0.1) is 0 Å². The highest BCUT2D eigenvalue weighted by Gasteiger charge is 2.30. The van der Waals surface area contributed by atoms with Gasteiger partial charge in [0.05, 0.1) is 0 Å². The lowest BCUT2D eigenvalue weighted by Gasteiger charge is -2.38. The predicted octanol–water partition coefficient (Wildman–Crippen LogP) is 2.43. The van der Waals surface area contributed by atoms with Crippen molar-refractivity contribution in [2.75, 3.05) is 13.1 Å². The van der Waals surface area contributed by atoms with Gasteiger partial charge in [0.2, 0.25) is 0 Å². The van der Waals surface area contributed by atoms with Gasteiger partial charge >= 0.3 is 5.97 Å². The Bertz CT molecular complexity index is 520. The zero-order chi connectivity index (χ0) is 14.8. The number of carboxylic acid groups (broad SMARTS) is 1. The zero-order valence-electron chi connectivity index (χ0n) is 11.9. The lowest BCUT2D eigenvalue weighted by atomic mass is 9.78. The monoisotopic (exact) mass is 276 g/mol. The fraction of sp³-hybridized carbons (Fsp3) is 0.533. The van der Waals surface area contributed by atoms with Crippen molar-refractivity contribution in [1.29, 1.82) is 0 Å². The Morgan fingerprint density at radius 2 is 2.05 bits per heavy atom. The Labute approximate surface area is 118 Å². The molecule has 5 heteroatoms. The van der Waals surface area contributed by atoms with Gasteiger partial charge in [0.25, 0.3) is 5.91 Å². The lowest BCUT2D eigenvalue weighted by molar-refractivity contribution is 0.0600. The quantitative estimate of drug-likeness (QED) is 0.920. The summed E-state index contributed by atoms with van der Waals surface area (Å²) in [7, 11) is 0. The number of nitrogens with zero attached hydrogens (tertiary/aromatic N) is 2. The van der Waals surface area contributed by atoms with Crippen molar-refractivity contribution in [3.05, 3.63) is 29.6 Å². The van der Waals surface area contributed by atoms with Gasteiger partial charge in [0.1, 0.15) is 5.69 Å². The molecule has 0 aliphatic carbocycles. The molecule has 5 nitrogen and oxygen atoms in total. The van der Waals surface area contributed by atoms with Gasteiger partial charge < -0.3 is 10.0 Å². The van der Waals surface area contributed by atoms with Crippen molar-refractivity contribution in [2.24, 2.45) is 5.41 Å². The number of amides is 1. The molecule has 0 bridgehead atoms. The molecule has 0 unspecified atom stereocenters. The molecule has 1 amide bonds. The van der Waals surface area contributed by atoms with Crippen molar-refractivity contribution in [1.82, 2.24) is 9.88 Å². The summed E-state index contributed by atoms with van der Waals surface area (Å²) in [5, 5.41) is 8.91. The molecular weight excluding hydrogens is 256 g/mol. The van der Waals surface area contributed by atoms with Crippen LogP contribution in [0.3, 0.4) is 0 Å². The van der Waals surface area contributed by atoms with Crippen LogP contribution in [0.5, 0.6) is 0 Å².